The first-order valence-corrected chi connectivity index (χ1v) is 4.11. The summed E-state index contributed by atoms with van der Waals surface area (Å²) < 4.78 is 24.7. The summed E-state index contributed by atoms with van der Waals surface area (Å²) in [4.78, 5) is 10.9. The number of hydrogen-bond acceptors (Lipinski definition) is 1. The van der Waals surface area contributed by atoms with Gasteiger partial charge in [-0.05, 0) is 40.2 Å². The molecule has 1 rings (SSSR count). The molecule has 0 radical (unpaired) electrons. The predicted octanol–water partition coefficient (Wildman–Crippen LogP) is 2.70. The SMILES string of the molecule is O=C(c1ccc(F)cc1)C(F)Br. The average molecular weight is 235 g/mol. The Labute approximate surface area is 76.5 Å². The Balaban J connectivity index is 2.90. The largest absolute Gasteiger partial charge is 0.290 e. The van der Waals surface area contributed by atoms with Crippen LogP contribution < -0.4 is 0 Å². The van der Waals surface area contributed by atoms with Gasteiger partial charge in [0.25, 0.3) is 0 Å². The number of hydrogen-bond donors (Lipinski definition) is 0. The minimum Gasteiger partial charge on any atom is -0.290 e. The van der Waals surface area contributed by atoms with Gasteiger partial charge in [0.15, 0.2) is 0 Å². The van der Waals surface area contributed by atoms with Crippen LogP contribution in [0.2, 0.25) is 0 Å². The van der Waals surface area contributed by atoms with Crippen molar-refractivity contribution in [3.63, 3.8) is 0 Å². The maximum atomic E-state index is 12.4. The molecule has 1 aromatic carbocycles. The fourth-order valence-electron chi connectivity index (χ4n) is 0.740. The number of ketones is 1. The van der Waals surface area contributed by atoms with E-state index in [1.54, 1.807) is 0 Å². The second kappa shape index (κ2) is 3.76. The molecule has 0 saturated carbocycles. The zero-order valence-electron chi connectivity index (χ0n) is 5.93. The van der Waals surface area contributed by atoms with Gasteiger partial charge in [-0.3, -0.25) is 4.79 Å². The first kappa shape index (κ1) is 9.32. The van der Waals surface area contributed by atoms with Crippen molar-refractivity contribution in [3.8, 4) is 0 Å². The van der Waals surface area contributed by atoms with Crippen LogP contribution in [0.4, 0.5) is 8.78 Å². The molecule has 12 heavy (non-hydrogen) atoms. The van der Waals surface area contributed by atoms with Crippen molar-refractivity contribution in [3.05, 3.63) is 35.6 Å². The van der Waals surface area contributed by atoms with E-state index in [0.29, 0.717) is 0 Å². The second-order valence-corrected chi connectivity index (χ2v) is 2.98. The zero-order chi connectivity index (χ0) is 9.14. The molecular weight excluding hydrogens is 230 g/mol. The van der Waals surface area contributed by atoms with Gasteiger partial charge in [-0.15, -0.1) is 0 Å². The van der Waals surface area contributed by atoms with Crippen molar-refractivity contribution in [2.24, 2.45) is 0 Å². The third kappa shape index (κ3) is 2.11. The molecule has 1 unspecified atom stereocenters. The lowest BCUT2D eigenvalue weighted by molar-refractivity contribution is 0.0942. The van der Waals surface area contributed by atoms with Gasteiger partial charge >= 0.3 is 0 Å². The van der Waals surface area contributed by atoms with Gasteiger partial charge in [-0.1, -0.05) is 0 Å². The molecule has 0 saturated heterocycles. The van der Waals surface area contributed by atoms with Crippen molar-refractivity contribution in [1.82, 2.24) is 0 Å². The Morgan fingerprint density at radius 2 is 1.83 bits per heavy atom. The number of carbonyl (C=O) groups excluding carboxylic acids is 1. The zero-order valence-corrected chi connectivity index (χ0v) is 7.51. The molecule has 0 aliphatic heterocycles. The number of rotatable bonds is 2. The quantitative estimate of drug-likeness (QED) is 0.568. The summed E-state index contributed by atoms with van der Waals surface area (Å²) in [7, 11) is 0. The van der Waals surface area contributed by atoms with E-state index in [0.717, 1.165) is 12.1 Å². The molecule has 1 aromatic rings. The molecule has 0 spiro atoms. The molecule has 0 aromatic heterocycles. The lowest BCUT2D eigenvalue weighted by Gasteiger charge is -1.98. The van der Waals surface area contributed by atoms with Crippen molar-refractivity contribution >= 4 is 21.7 Å². The average Bonchev–Trinajstić information content (AvgIpc) is 2.04. The van der Waals surface area contributed by atoms with Gasteiger partial charge in [-0.2, -0.15) is 0 Å². The number of carbonyl (C=O) groups is 1. The molecule has 1 atom stereocenters. The minimum absolute atomic E-state index is 0.153. The van der Waals surface area contributed by atoms with Gasteiger partial charge in [0.1, 0.15) is 5.82 Å². The fourth-order valence-corrected chi connectivity index (χ4v) is 1.00. The van der Waals surface area contributed by atoms with Gasteiger partial charge in [0.05, 0.1) is 0 Å². The van der Waals surface area contributed by atoms with E-state index in [4.69, 9.17) is 0 Å². The molecule has 0 heterocycles. The summed E-state index contributed by atoms with van der Waals surface area (Å²) in [6.07, 6.45) is 0. The summed E-state index contributed by atoms with van der Waals surface area (Å²) in [6.45, 7) is 0. The molecule has 0 amide bonds. The van der Waals surface area contributed by atoms with Gasteiger partial charge < -0.3 is 0 Å². The maximum Gasteiger partial charge on any atom is 0.217 e. The van der Waals surface area contributed by atoms with Gasteiger partial charge in [0.2, 0.25) is 10.9 Å². The Bertz CT molecular complexity index is 282. The van der Waals surface area contributed by atoms with Crippen LogP contribution in [0.25, 0.3) is 0 Å². The second-order valence-electron chi connectivity index (χ2n) is 2.17. The van der Waals surface area contributed by atoms with E-state index < -0.39 is 16.7 Å². The van der Waals surface area contributed by atoms with E-state index in [9.17, 15) is 13.6 Å². The van der Waals surface area contributed by atoms with E-state index in [-0.39, 0.29) is 5.56 Å². The molecule has 0 fully saturated rings. The molecular formula is C8H5BrF2O. The molecule has 0 N–H and O–H groups in total. The Kier molecular flexibility index (Phi) is 2.92. The standard InChI is InChI=1S/C8H5BrF2O/c9-8(11)7(12)5-1-3-6(10)4-2-5/h1-4,8H. The van der Waals surface area contributed by atoms with E-state index >= 15 is 0 Å². The maximum absolute atomic E-state index is 12.4. The van der Waals surface area contributed by atoms with Gasteiger partial charge in [0, 0.05) is 5.56 Å². The highest BCUT2D eigenvalue weighted by atomic mass is 79.9. The lowest BCUT2D eigenvalue weighted by Crippen LogP contribution is -2.08. The monoisotopic (exact) mass is 234 g/mol. The van der Waals surface area contributed by atoms with Crippen molar-refractivity contribution in [2.45, 2.75) is 5.08 Å². The van der Waals surface area contributed by atoms with Crippen molar-refractivity contribution in [2.75, 3.05) is 0 Å². The summed E-state index contributed by atoms with van der Waals surface area (Å²) in [5.74, 6) is -1.15. The fraction of sp³-hybridized carbons (Fsp3) is 0.125. The number of benzene rings is 1. The normalized spacial score (nSPS) is 12.6. The summed E-state index contributed by atoms with van der Waals surface area (Å²) in [5.41, 5.74) is 0.153. The third-order valence-corrected chi connectivity index (χ3v) is 1.74. The molecule has 64 valence electrons. The van der Waals surface area contributed by atoms with Gasteiger partial charge in [-0.25, -0.2) is 8.78 Å². The number of Topliss-reactive ketones (excluding diaryl/α,β-unsaturated/α-hetero) is 1. The first-order chi connectivity index (χ1) is 5.61. The Hall–Kier alpha value is -0.770. The van der Waals surface area contributed by atoms with Crippen molar-refractivity contribution in [1.29, 1.82) is 0 Å². The van der Waals surface area contributed by atoms with Crippen molar-refractivity contribution < 1.29 is 13.6 Å². The first-order valence-electron chi connectivity index (χ1n) is 3.19. The van der Waals surface area contributed by atoms with Crippen LogP contribution in [0, 0.1) is 5.82 Å². The molecule has 1 nitrogen and oxygen atoms in total. The minimum atomic E-state index is -1.72. The van der Waals surface area contributed by atoms with Crippen LogP contribution in [0.1, 0.15) is 10.4 Å². The van der Waals surface area contributed by atoms with Crippen LogP contribution >= 0.6 is 15.9 Å². The summed E-state index contributed by atoms with van der Waals surface area (Å²) in [5, 5.41) is -1.72. The highest BCUT2D eigenvalue weighted by Gasteiger charge is 2.14. The summed E-state index contributed by atoms with van der Waals surface area (Å²) >= 11 is 2.49. The van der Waals surface area contributed by atoms with Crippen LogP contribution in [0.3, 0.4) is 0 Å². The van der Waals surface area contributed by atoms with Crippen LogP contribution in [0.15, 0.2) is 24.3 Å². The number of alkyl halides is 2. The lowest BCUT2D eigenvalue weighted by atomic mass is 10.1. The third-order valence-electron chi connectivity index (χ3n) is 1.33. The molecule has 0 bridgehead atoms. The van der Waals surface area contributed by atoms with E-state index in [1.165, 1.54) is 12.1 Å². The highest BCUT2D eigenvalue weighted by molar-refractivity contribution is 9.09. The molecule has 4 heteroatoms. The molecule has 0 aliphatic rings. The topological polar surface area (TPSA) is 17.1 Å². The molecule has 0 aliphatic carbocycles. The highest BCUT2D eigenvalue weighted by Crippen LogP contribution is 2.11. The number of halogens is 3. The van der Waals surface area contributed by atoms with Crippen LogP contribution in [-0.4, -0.2) is 10.9 Å². The predicted molar refractivity (Wildman–Crippen MR) is 44.6 cm³/mol. The Morgan fingerprint density at radius 1 is 1.33 bits per heavy atom. The summed E-state index contributed by atoms with van der Waals surface area (Å²) in [6, 6.07) is 4.71. The smallest absolute Gasteiger partial charge is 0.217 e. The van der Waals surface area contributed by atoms with E-state index in [2.05, 4.69) is 15.9 Å². The van der Waals surface area contributed by atoms with E-state index in [1.807, 2.05) is 0 Å². The van der Waals surface area contributed by atoms with Crippen LogP contribution in [0.5, 0.6) is 0 Å². The van der Waals surface area contributed by atoms with Crippen LogP contribution in [-0.2, 0) is 0 Å². The Morgan fingerprint density at radius 3 is 2.25 bits per heavy atom.